The van der Waals surface area contributed by atoms with E-state index < -0.39 is 28.5 Å². The molecule has 9 heteroatoms. The number of hydrogen-bond acceptors (Lipinski definition) is 5. The third-order valence-corrected chi connectivity index (χ3v) is 9.08. The molecule has 0 spiro atoms. The van der Waals surface area contributed by atoms with Gasteiger partial charge in [0.1, 0.15) is 18.3 Å². The van der Waals surface area contributed by atoms with Crippen LogP contribution in [-0.2, 0) is 32.6 Å². The summed E-state index contributed by atoms with van der Waals surface area (Å²) in [6.45, 7) is 4.04. The average molecular weight is 606 g/mol. The number of rotatable bonds is 13. The molecule has 1 aliphatic carbocycles. The molecule has 230 valence electrons. The van der Waals surface area contributed by atoms with E-state index in [1.807, 2.05) is 68.4 Å². The summed E-state index contributed by atoms with van der Waals surface area (Å²) in [6.07, 6.45) is 6.49. The number of aryl methyl sites for hydroxylation is 1. The summed E-state index contributed by atoms with van der Waals surface area (Å²) in [5.41, 5.74) is 3.14. The van der Waals surface area contributed by atoms with Crippen molar-refractivity contribution >= 4 is 27.5 Å². The molecule has 1 N–H and O–H groups in total. The van der Waals surface area contributed by atoms with Crippen molar-refractivity contribution in [3.63, 3.8) is 0 Å². The molecule has 0 radical (unpaired) electrons. The summed E-state index contributed by atoms with van der Waals surface area (Å²) < 4.78 is 32.6. The third-order valence-electron chi connectivity index (χ3n) is 7.94. The molecule has 0 unspecified atom stereocenters. The summed E-state index contributed by atoms with van der Waals surface area (Å²) in [5, 5.41) is 3.23. The molecule has 2 amide bonds. The van der Waals surface area contributed by atoms with Gasteiger partial charge >= 0.3 is 0 Å². The zero-order chi connectivity index (χ0) is 30.8. The molecular formula is C34H43N3O5S. The second kappa shape index (κ2) is 15.0. The highest BCUT2D eigenvalue weighted by molar-refractivity contribution is 7.92. The van der Waals surface area contributed by atoms with E-state index >= 15 is 0 Å². The number of nitrogens with one attached hydrogen (secondary N) is 1. The van der Waals surface area contributed by atoms with Crippen molar-refractivity contribution < 1.29 is 22.7 Å². The Kier molecular flexibility index (Phi) is 11.2. The first kappa shape index (κ1) is 32.1. The summed E-state index contributed by atoms with van der Waals surface area (Å²) >= 11 is 0. The highest BCUT2D eigenvalue weighted by Crippen LogP contribution is 2.24. The first-order chi connectivity index (χ1) is 20.7. The number of anilines is 1. The van der Waals surface area contributed by atoms with E-state index in [0.717, 1.165) is 59.4 Å². The fourth-order valence-corrected chi connectivity index (χ4v) is 6.41. The van der Waals surface area contributed by atoms with Crippen molar-refractivity contribution in [3.05, 3.63) is 95.6 Å². The topological polar surface area (TPSA) is 96.0 Å². The second-order valence-electron chi connectivity index (χ2n) is 11.2. The Morgan fingerprint density at radius 1 is 0.930 bits per heavy atom. The van der Waals surface area contributed by atoms with Crippen LogP contribution in [0, 0.1) is 6.92 Å². The van der Waals surface area contributed by atoms with Gasteiger partial charge in [-0.1, -0.05) is 73.9 Å². The number of carbonyl (C=O) groups excluding carboxylic acids is 2. The van der Waals surface area contributed by atoms with E-state index in [9.17, 15) is 18.0 Å². The Labute approximate surface area is 256 Å². The normalized spacial score (nSPS) is 14.5. The van der Waals surface area contributed by atoms with E-state index in [4.69, 9.17) is 4.74 Å². The van der Waals surface area contributed by atoms with Crippen LogP contribution in [0.3, 0.4) is 0 Å². The predicted octanol–water partition coefficient (Wildman–Crippen LogP) is 5.25. The van der Waals surface area contributed by atoms with E-state index in [0.29, 0.717) is 24.5 Å². The summed E-state index contributed by atoms with van der Waals surface area (Å²) in [7, 11) is -3.84. The molecule has 0 heterocycles. The number of carbonyl (C=O) groups is 2. The van der Waals surface area contributed by atoms with Crippen LogP contribution in [0.2, 0.25) is 0 Å². The maximum absolute atomic E-state index is 14.3. The minimum absolute atomic E-state index is 0.0614. The smallest absolute Gasteiger partial charge is 0.244 e. The van der Waals surface area contributed by atoms with Crippen molar-refractivity contribution in [2.75, 3.05) is 23.7 Å². The molecule has 8 nitrogen and oxygen atoms in total. The van der Waals surface area contributed by atoms with E-state index in [2.05, 4.69) is 5.32 Å². The van der Waals surface area contributed by atoms with Crippen LogP contribution in [0.1, 0.15) is 55.7 Å². The molecule has 4 rings (SSSR count). The quantitative estimate of drug-likeness (QED) is 0.287. The van der Waals surface area contributed by atoms with Crippen molar-refractivity contribution in [2.24, 2.45) is 0 Å². The van der Waals surface area contributed by atoms with Gasteiger partial charge in [0.25, 0.3) is 0 Å². The van der Waals surface area contributed by atoms with Gasteiger partial charge in [-0.15, -0.1) is 0 Å². The van der Waals surface area contributed by atoms with Crippen molar-refractivity contribution in [1.82, 2.24) is 10.2 Å². The molecule has 0 bridgehead atoms. The molecule has 0 aromatic heterocycles. The molecule has 3 aromatic rings. The van der Waals surface area contributed by atoms with Crippen LogP contribution in [0.15, 0.2) is 78.9 Å². The second-order valence-corrected chi connectivity index (χ2v) is 13.1. The van der Waals surface area contributed by atoms with Gasteiger partial charge in [-0.2, -0.15) is 0 Å². The van der Waals surface area contributed by atoms with Crippen LogP contribution in [0.25, 0.3) is 0 Å². The Morgan fingerprint density at radius 2 is 1.58 bits per heavy atom. The predicted molar refractivity (Wildman–Crippen MR) is 170 cm³/mol. The van der Waals surface area contributed by atoms with E-state index in [1.54, 1.807) is 29.2 Å². The van der Waals surface area contributed by atoms with Gasteiger partial charge in [0.15, 0.2) is 0 Å². The van der Waals surface area contributed by atoms with Gasteiger partial charge in [-0.3, -0.25) is 13.9 Å². The molecule has 43 heavy (non-hydrogen) atoms. The Bertz CT molecular complexity index is 1450. The van der Waals surface area contributed by atoms with Crippen LogP contribution in [0.4, 0.5) is 5.69 Å². The lowest BCUT2D eigenvalue weighted by molar-refractivity contribution is -0.140. The molecule has 3 aromatic carbocycles. The van der Waals surface area contributed by atoms with Gasteiger partial charge in [-0.25, -0.2) is 8.42 Å². The van der Waals surface area contributed by atoms with Gasteiger partial charge in [0.2, 0.25) is 21.8 Å². The number of benzene rings is 3. The number of nitrogens with zero attached hydrogens (tertiary/aromatic N) is 2. The van der Waals surface area contributed by atoms with Crippen molar-refractivity contribution in [3.8, 4) is 5.75 Å². The standard InChI is InChI=1S/C34H43N3O5S/c1-4-42-31-21-19-30(20-22-31)37(43(3,40)41)25-33(38)36(24-28-16-12-11-13-26(28)2)32(23-27-14-7-5-8-15-27)34(39)35-29-17-9-6-10-18-29/h5,7-8,11-16,19-22,29,32H,4,6,9-10,17-18,23-25H2,1-3H3,(H,35,39)/t32-/m1/s1. The van der Waals surface area contributed by atoms with E-state index in [1.165, 1.54) is 0 Å². The van der Waals surface area contributed by atoms with Crippen LogP contribution in [0.5, 0.6) is 5.75 Å². The maximum Gasteiger partial charge on any atom is 0.244 e. The summed E-state index contributed by atoms with van der Waals surface area (Å²) in [5.74, 6) is -0.0681. The molecular weight excluding hydrogens is 562 g/mol. The third kappa shape index (κ3) is 9.07. The van der Waals surface area contributed by atoms with Crippen LogP contribution < -0.4 is 14.4 Å². The van der Waals surface area contributed by atoms with Crippen LogP contribution in [-0.4, -0.2) is 56.6 Å². The highest BCUT2D eigenvalue weighted by Gasteiger charge is 2.34. The summed E-state index contributed by atoms with van der Waals surface area (Å²) in [4.78, 5) is 29.9. The SMILES string of the molecule is CCOc1ccc(N(CC(=O)N(Cc2ccccc2C)[C@H](Cc2ccccc2)C(=O)NC2CCCCC2)S(C)(=O)=O)cc1. The maximum atomic E-state index is 14.3. The Hall–Kier alpha value is -3.85. The fourth-order valence-electron chi connectivity index (χ4n) is 5.56. The van der Waals surface area contributed by atoms with Gasteiger partial charge in [0, 0.05) is 19.0 Å². The van der Waals surface area contributed by atoms with Crippen molar-refractivity contribution in [2.45, 2.75) is 71.0 Å². The fraction of sp³-hybridized carbons (Fsp3) is 0.412. The average Bonchev–Trinajstić information content (AvgIpc) is 2.99. The molecule has 0 aliphatic heterocycles. The number of amides is 2. The Morgan fingerprint density at radius 3 is 2.21 bits per heavy atom. The minimum Gasteiger partial charge on any atom is -0.494 e. The highest BCUT2D eigenvalue weighted by atomic mass is 32.2. The summed E-state index contributed by atoms with van der Waals surface area (Å²) in [6, 6.07) is 23.2. The first-order valence-corrected chi connectivity index (χ1v) is 16.9. The largest absolute Gasteiger partial charge is 0.494 e. The molecule has 1 aliphatic rings. The lowest BCUT2D eigenvalue weighted by atomic mass is 9.94. The molecule has 1 saturated carbocycles. The van der Waals surface area contributed by atoms with Crippen LogP contribution >= 0.6 is 0 Å². The van der Waals surface area contributed by atoms with Gasteiger partial charge in [-0.05, 0) is 67.6 Å². The monoisotopic (exact) mass is 605 g/mol. The molecule has 1 atom stereocenters. The molecule has 1 fully saturated rings. The van der Waals surface area contributed by atoms with Gasteiger partial charge in [0.05, 0.1) is 18.6 Å². The minimum atomic E-state index is -3.84. The zero-order valence-corrected chi connectivity index (χ0v) is 26.2. The first-order valence-electron chi connectivity index (χ1n) is 15.0. The van der Waals surface area contributed by atoms with Crippen molar-refractivity contribution in [1.29, 1.82) is 0 Å². The zero-order valence-electron chi connectivity index (χ0n) is 25.4. The number of hydrogen-bond donors (Lipinski definition) is 1. The number of sulfonamides is 1. The lowest BCUT2D eigenvalue weighted by Crippen LogP contribution is -2.55. The van der Waals surface area contributed by atoms with Gasteiger partial charge < -0.3 is 15.0 Å². The molecule has 0 saturated heterocycles. The van der Waals surface area contributed by atoms with E-state index in [-0.39, 0.29) is 18.5 Å². The number of ether oxygens (including phenoxy) is 1. The Balaban J connectivity index is 1.71. The lowest BCUT2D eigenvalue weighted by Gasteiger charge is -2.35.